The van der Waals surface area contributed by atoms with Crippen molar-refractivity contribution in [2.24, 2.45) is 0 Å². The standard InChI is InChI=1S/C15H19N3O2/c1-3-12-13(15(19)17-7-9-20-10-8-17)18-6-4-5-11(2)14(18)16-12/h4-6H,3,7-10H2,1-2H3. The van der Waals surface area contributed by atoms with E-state index in [9.17, 15) is 4.79 Å². The van der Waals surface area contributed by atoms with Gasteiger partial charge in [-0.15, -0.1) is 0 Å². The van der Waals surface area contributed by atoms with Crippen molar-refractivity contribution in [3.63, 3.8) is 0 Å². The summed E-state index contributed by atoms with van der Waals surface area (Å²) in [5.41, 5.74) is 3.54. The highest BCUT2D eigenvalue weighted by Crippen LogP contribution is 2.18. The predicted molar refractivity (Wildman–Crippen MR) is 76.0 cm³/mol. The minimum Gasteiger partial charge on any atom is -0.378 e. The summed E-state index contributed by atoms with van der Waals surface area (Å²) in [7, 11) is 0. The van der Waals surface area contributed by atoms with Crippen molar-refractivity contribution in [2.45, 2.75) is 20.3 Å². The van der Waals surface area contributed by atoms with Crippen molar-refractivity contribution in [3.05, 3.63) is 35.3 Å². The molecule has 0 aromatic carbocycles. The average Bonchev–Trinajstić information content (AvgIpc) is 2.87. The minimum absolute atomic E-state index is 0.0586. The second kappa shape index (κ2) is 5.25. The number of pyridine rings is 1. The molecule has 1 saturated heterocycles. The summed E-state index contributed by atoms with van der Waals surface area (Å²) in [5.74, 6) is 0.0586. The van der Waals surface area contributed by atoms with Crippen LogP contribution in [0.2, 0.25) is 0 Å². The van der Waals surface area contributed by atoms with E-state index in [2.05, 4.69) is 4.98 Å². The first-order chi connectivity index (χ1) is 9.72. The molecule has 5 heteroatoms. The van der Waals surface area contributed by atoms with Gasteiger partial charge in [0.2, 0.25) is 0 Å². The monoisotopic (exact) mass is 273 g/mol. The summed E-state index contributed by atoms with van der Waals surface area (Å²) in [6.45, 7) is 6.59. The van der Waals surface area contributed by atoms with Crippen molar-refractivity contribution in [1.29, 1.82) is 0 Å². The number of hydrogen-bond donors (Lipinski definition) is 0. The molecular weight excluding hydrogens is 254 g/mol. The molecule has 0 radical (unpaired) electrons. The lowest BCUT2D eigenvalue weighted by Crippen LogP contribution is -2.41. The van der Waals surface area contributed by atoms with E-state index in [1.54, 1.807) is 0 Å². The third kappa shape index (κ3) is 2.08. The Kier molecular flexibility index (Phi) is 3.44. The highest BCUT2D eigenvalue weighted by molar-refractivity contribution is 5.95. The molecule has 1 aliphatic rings. The van der Waals surface area contributed by atoms with Gasteiger partial charge in [-0.2, -0.15) is 0 Å². The molecule has 2 aromatic rings. The second-order valence-corrected chi connectivity index (χ2v) is 5.05. The molecule has 1 aliphatic heterocycles. The van der Waals surface area contributed by atoms with Crippen molar-refractivity contribution in [2.75, 3.05) is 26.3 Å². The number of rotatable bonds is 2. The highest BCUT2D eigenvalue weighted by atomic mass is 16.5. The number of carbonyl (C=O) groups excluding carboxylic acids is 1. The third-order valence-corrected chi connectivity index (χ3v) is 3.75. The van der Waals surface area contributed by atoms with E-state index in [0.29, 0.717) is 32.0 Å². The zero-order valence-corrected chi connectivity index (χ0v) is 11.9. The molecule has 0 atom stereocenters. The zero-order chi connectivity index (χ0) is 14.1. The number of fused-ring (bicyclic) bond motifs is 1. The van der Waals surface area contributed by atoms with Crippen LogP contribution in [0.15, 0.2) is 18.3 Å². The Bertz CT molecular complexity index is 642. The molecule has 1 fully saturated rings. The van der Waals surface area contributed by atoms with Gasteiger partial charge in [0.1, 0.15) is 11.3 Å². The SMILES string of the molecule is CCc1nc2c(C)cccn2c1C(=O)N1CCOCC1. The van der Waals surface area contributed by atoms with Gasteiger partial charge in [-0.05, 0) is 25.0 Å². The van der Waals surface area contributed by atoms with Gasteiger partial charge >= 0.3 is 0 Å². The second-order valence-electron chi connectivity index (χ2n) is 5.05. The highest BCUT2D eigenvalue weighted by Gasteiger charge is 2.25. The first kappa shape index (κ1) is 13.1. The number of morpholine rings is 1. The molecule has 1 amide bonds. The molecule has 3 heterocycles. The number of nitrogens with zero attached hydrogens (tertiary/aromatic N) is 3. The fourth-order valence-electron chi connectivity index (χ4n) is 2.64. The van der Waals surface area contributed by atoms with E-state index in [4.69, 9.17) is 4.74 Å². The minimum atomic E-state index is 0.0586. The van der Waals surface area contributed by atoms with Crippen LogP contribution < -0.4 is 0 Å². The maximum atomic E-state index is 12.8. The molecule has 0 saturated carbocycles. The molecule has 0 unspecified atom stereocenters. The molecule has 20 heavy (non-hydrogen) atoms. The van der Waals surface area contributed by atoms with Crippen LogP contribution >= 0.6 is 0 Å². The molecule has 5 nitrogen and oxygen atoms in total. The lowest BCUT2D eigenvalue weighted by atomic mass is 10.2. The fourth-order valence-corrected chi connectivity index (χ4v) is 2.64. The summed E-state index contributed by atoms with van der Waals surface area (Å²) in [4.78, 5) is 19.3. The molecule has 0 aliphatic carbocycles. The molecule has 0 N–H and O–H groups in total. The molecular formula is C15H19N3O2. The van der Waals surface area contributed by atoms with Crippen molar-refractivity contribution < 1.29 is 9.53 Å². The van der Waals surface area contributed by atoms with E-state index in [-0.39, 0.29) is 5.91 Å². The van der Waals surface area contributed by atoms with Gasteiger partial charge in [-0.3, -0.25) is 9.20 Å². The number of amides is 1. The summed E-state index contributed by atoms with van der Waals surface area (Å²) >= 11 is 0. The topological polar surface area (TPSA) is 46.8 Å². The number of hydrogen-bond acceptors (Lipinski definition) is 3. The van der Waals surface area contributed by atoms with E-state index in [0.717, 1.165) is 23.3 Å². The fraction of sp³-hybridized carbons (Fsp3) is 0.467. The van der Waals surface area contributed by atoms with Gasteiger partial charge in [-0.25, -0.2) is 4.98 Å². The van der Waals surface area contributed by atoms with E-state index >= 15 is 0 Å². The van der Waals surface area contributed by atoms with Crippen LogP contribution in [-0.2, 0) is 11.2 Å². The number of aromatic nitrogens is 2. The normalized spacial score (nSPS) is 15.8. The first-order valence-electron chi connectivity index (χ1n) is 7.06. The third-order valence-electron chi connectivity index (χ3n) is 3.75. The van der Waals surface area contributed by atoms with Gasteiger partial charge in [-0.1, -0.05) is 13.0 Å². The van der Waals surface area contributed by atoms with E-state index in [1.807, 2.05) is 41.5 Å². The number of aryl methyl sites for hydroxylation is 2. The first-order valence-corrected chi connectivity index (χ1v) is 7.06. The van der Waals surface area contributed by atoms with Crippen LogP contribution in [0.4, 0.5) is 0 Å². The Labute approximate surface area is 118 Å². The molecule has 106 valence electrons. The van der Waals surface area contributed by atoms with Crippen LogP contribution in [0.1, 0.15) is 28.7 Å². The summed E-state index contributed by atoms with van der Waals surface area (Å²) in [6.07, 6.45) is 2.68. The predicted octanol–water partition coefficient (Wildman–Crippen LogP) is 1.68. The Balaban J connectivity index is 2.09. The molecule has 3 rings (SSSR count). The molecule has 0 bridgehead atoms. The zero-order valence-electron chi connectivity index (χ0n) is 11.9. The van der Waals surface area contributed by atoms with Gasteiger partial charge in [0.05, 0.1) is 18.9 Å². The van der Waals surface area contributed by atoms with Gasteiger partial charge in [0.25, 0.3) is 5.91 Å². The smallest absolute Gasteiger partial charge is 0.272 e. The van der Waals surface area contributed by atoms with Crippen LogP contribution in [0.25, 0.3) is 5.65 Å². The largest absolute Gasteiger partial charge is 0.378 e. The quantitative estimate of drug-likeness (QED) is 0.836. The Morgan fingerprint density at radius 3 is 2.85 bits per heavy atom. The van der Waals surface area contributed by atoms with Crippen LogP contribution in [0, 0.1) is 6.92 Å². The maximum Gasteiger partial charge on any atom is 0.272 e. The number of carbonyl (C=O) groups is 1. The Morgan fingerprint density at radius 2 is 2.15 bits per heavy atom. The van der Waals surface area contributed by atoms with Crippen LogP contribution in [0.3, 0.4) is 0 Å². The van der Waals surface area contributed by atoms with Gasteiger partial charge in [0.15, 0.2) is 0 Å². The van der Waals surface area contributed by atoms with Gasteiger partial charge in [0, 0.05) is 19.3 Å². The van der Waals surface area contributed by atoms with Crippen LogP contribution in [-0.4, -0.2) is 46.5 Å². The summed E-state index contributed by atoms with van der Waals surface area (Å²) in [6, 6.07) is 3.98. The Hall–Kier alpha value is -1.88. The van der Waals surface area contributed by atoms with Crippen molar-refractivity contribution >= 4 is 11.6 Å². The molecule has 2 aromatic heterocycles. The Morgan fingerprint density at radius 1 is 1.40 bits per heavy atom. The van der Waals surface area contributed by atoms with E-state index in [1.165, 1.54) is 0 Å². The lowest BCUT2D eigenvalue weighted by Gasteiger charge is -2.26. The maximum absolute atomic E-state index is 12.8. The summed E-state index contributed by atoms with van der Waals surface area (Å²) < 4.78 is 7.24. The number of ether oxygens (including phenoxy) is 1. The lowest BCUT2D eigenvalue weighted by molar-refractivity contribution is 0.0297. The average molecular weight is 273 g/mol. The van der Waals surface area contributed by atoms with Gasteiger partial charge < -0.3 is 9.64 Å². The van der Waals surface area contributed by atoms with Crippen molar-refractivity contribution in [3.8, 4) is 0 Å². The molecule has 0 spiro atoms. The van der Waals surface area contributed by atoms with Crippen molar-refractivity contribution in [1.82, 2.24) is 14.3 Å². The number of imidazole rings is 1. The van der Waals surface area contributed by atoms with E-state index < -0.39 is 0 Å². The summed E-state index contributed by atoms with van der Waals surface area (Å²) in [5, 5.41) is 0. The van der Waals surface area contributed by atoms with Crippen LogP contribution in [0.5, 0.6) is 0 Å².